The summed E-state index contributed by atoms with van der Waals surface area (Å²) in [5.41, 5.74) is 1.42. The first kappa shape index (κ1) is 16.1. The van der Waals surface area contributed by atoms with Crippen LogP contribution < -0.4 is 0 Å². The molecule has 0 bridgehead atoms. The van der Waals surface area contributed by atoms with Crippen molar-refractivity contribution in [2.24, 2.45) is 17.8 Å². The monoisotopic (exact) mass is 303 g/mol. The second-order valence-electron chi connectivity index (χ2n) is 7.83. The lowest BCUT2D eigenvalue weighted by Gasteiger charge is -2.39. The molecule has 3 heteroatoms. The third-order valence-electron chi connectivity index (χ3n) is 6.37. The van der Waals surface area contributed by atoms with Crippen LogP contribution in [-0.2, 0) is 0 Å². The van der Waals surface area contributed by atoms with Gasteiger partial charge in [0.05, 0.1) is 0 Å². The zero-order valence-electron chi connectivity index (χ0n) is 14.5. The largest absolute Gasteiger partial charge is 0.375 e. The van der Waals surface area contributed by atoms with Crippen molar-refractivity contribution in [3.8, 4) is 0 Å². The highest BCUT2D eigenvalue weighted by Crippen LogP contribution is 2.44. The summed E-state index contributed by atoms with van der Waals surface area (Å²) >= 11 is 0. The fourth-order valence-electron chi connectivity index (χ4n) is 4.91. The quantitative estimate of drug-likeness (QED) is 0.723. The third-order valence-corrected chi connectivity index (χ3v) is 6.37. The minimum atomic E-state index is 0.710. The summed E-state index contributed by atoms with van der Waals surface area (Å²) in [4.78, 5) is 7.55. The van der Waals surface area contributed by atoms with Crippen LogP contribution in [0.2, 0.25) is 0 Å². The molecule has 0 aromatic carbocycles. The molecule has 22 heavy (non-hydrogen) atoms. The van der Waals surface area contributed by atoms with E-state index in [9.17, 15) is 0 Å². The molecule has 1 saturated carbocycles. The first-order chi connectivity index (χ1) is 10.6. The van der Waals surface area contributed by atoms with Gasteiger partial charge < -0.3 is 9.80 Å². The fraction of sp³-hybridized carbons (Fsp3) is 0.789. The van der Waals surface area contributed by atoms with Crippen molar-refractivity contribution in [2.75, 3.05) is 46.8 Å². The van der Waals surface area contributed by atoms with E-state index < -0.39 is 0 Å². The van der Waals surface area contributed by atoms with Crippen LogP contribution in [-0.4, -0.2) is 67.6 Å². The van der Waals surface area contributed by atoms with Gasteiger partial charge in [-0.2, -0.15) is 0 Å². The van der Waals surface area contributed by atoms with Crippen molar-refractivity contribution in [1.29, 1.82) is 0 Å². The topological polar surface area (TPSA) is 9.72 Å². The van der Waals surface area contributed by atoms with Gasteiger partial charge in [-0.3, -0.25) is 4.90 Å². The van der Waals surface area contributed by atoms with Crippen molar-refractivity contribution < 1.29 is 0 Å². The summed E-state index contributed by atoms with van der Waals surface area (Å²) in [6.07, 6.45) is 7.34. The Morgan fingerprint density at radius 2 is 1.77 bits per heavy atom. The van der Waals surface area contributed by atoms with Crippen molar-refractivity contribution in [2.45, 2.75) is 31.7 Å². The standard InChI is InChI=1S/C19H33N3/c1-5-8-22-13-17-11-16(12-18(17)14-22)15(2)21(4)19-6-9-20(3)10-7-19/h5,16-19H,1-2,6-14H2,3-4H3. The van der Waals surface area contributed by atoms with E-state index in [1.54, 1.807) is 0 Å². The van der Waals surface area contributed by atoms with E-state index in [1.807, 2.05) is 6.08 Å². The molecule has 2 saturated heterocycles. The first-order valence-electron chi connectivity index (χ1n) is 9.02. The number of piperidine rings is 1. The second-order valence-corrected chi connectivity index (χ2v) is 7.83. The highest BCUT2D eigenvalue weighted by molar-refractivity contribution is 5.08. The Labute approximate surface area is 136 Å². The van der Waals surface area contributed by atoms with E-state index in [1.165, 1.54) is 57.6 Å². The number of likely N-dealkylation sites (tertiary alicyclic amines) is 2. The highest BCUT2D eigenvalue weighted by atomic mass is 15.2. The van der Waals surface area contributed by atoms with Crippen molar-refractivity contribution >= 4 is 0 Å². The van der Waals surface area contributed by atoms with Crippen LogP contribution in [0.4, 0.5) is 0 Å². The Kier molecular flexibility index (Phi) is 4.94. The van der Waals surface area contributed by atoms with Crippen LogP contribution >= 0.6 is 0 Å². The molecular weight excluding hydrogens is 270 g/mol. The molecule has 3 fully saturated rings. The first-order valence-corrected chi connectivity index (χ1v) is 9.02. The maximum absolute atomic E-state index is 4.50. The van der Waals surface area contributed by atoms with Crippen LogP contribution in [0.3, 0.4) is 0 Å². The average molecular weight is 303 g/mol. The molecule has 1 aliphatic carbocycles. The number of allylic oxidation sites excluding steroid dienone is 1. The predicted molar refractivity (Wildman–Crippen MR) is 93.8 cm³/mol. The van der Waals surface area contributed by atoms with Crippen LogP contribution in [0.1, 0.15) is 25.7 Å². The van der Waals surface area contributed by atoms with Gasteiger partial charge >= 0.3 is 0 Å². The summed E-state index contributed by atoms with van der Waals surface area (Å²) in [7, 11) is 4.52. The molecule has 3 aliphatic rings. The number of hydrogen-bond donors (Lipinski definition) is 0. The molecule has 0 amide bonds. The van der Waals surface area contributed by atoms with E-state index in [4.69, 9.17) is 0 Å². The van der Waals surface area contributed by atoms with E-state index in [0.29, 0.717) is 6.04 Å². The molecule has 0 radical (unpaired) electrons. The molecule has 0 spiro atoms. The SMILES string of the molecule is C=CCN1CC2CC(C(=C)N(C)C3CCN(C)CC3)CC2C1. The van der Waals surface area contributed by atoms with Crippen LogP contribution in [0.15, 0.2) is 24.9 Å². The van der Waals surface area contributed by atoms with Gasteiger partial charge in [0.1, 0.15) is 0 Å². The Bertz CT molecular complexity index is 397. The summed E-state index contributed by atoms with van der Waals surface area (Å²) in [5, 5.41) is 0. The maximum atomic E-state index is 4.50. The normalized spacial score (nSPS) is 33.8. The van der Waals surface area contributed by atoms with Gasteiger partial charge in [0.15, 0.2) is 0 Å². The second kappa shape index (κ2) is 6.76. The zero-order valence-corrected chi connectivity index (χ0v) is 14.5. The molecule has 124 valence electrons. The molecule has 0 aromatic rings. The van der Waals surface area contributed by atoms with Crippen LogP contribution in [0.5, 0.6) is 0 Å². The number of fused-ring (bicyclic) bond motifs is 1. The fourth-order valence-corrected chi connectivity index (χ4v) is 4.91. The van der Waals surface area contributed by atoms with Gasteiger partial charge in [-0.05, 0) is 63.6 Å². The molecule has 0 aromatic heterocycles. The van der Waals surface area contributed by atoms with E-state index in [2.05, 4.69) is 42.0 Å². The Hall–Kier alpha value is -0.800. The minimum absolute atomic E-state index is 0.710. The van der Waals surface area contributed by atoms with Crippen molar-refractivity contribution in [3.63, 3.8) is 0 Å². The predicted octanol–water partition coefficient (Wildman–Crippen LogP) is 2.67. The smallest absolute Gasteiger partial charge is 0.0307 e. The summed E-state index contributed by atoms with van der Waals surface area (Å²) in [5.74, 6) is 2.52. The van der Waals surface area contributed by atoms with Gasteiger partial charge in [0.25, 0.3) is 0 Å². The Balaban J connectivity index is 1.51. The van der Waals surface area contributed by atoms with Gasteiger partial charge in [-0.25, -0.2) is 0 Å². The molecule has 3 rings (SSSR count). The third kappa shape index (κ3) is 3.26. The number of rotatable bonds is 5. The van der Waals surface area contributed by atoms with Crippen LogP contribution in [0.25, 0.3) is 0 Å². The molecular formula is C19H33N3. The molecule has 2 aliphatic heterocycles. The highest BCUT2D eigenvalue weighted by Gasteiger charge is 2.42. The number of nitrogens with zero attached hydrogens (tertiary/aromatic N) is 3. The minimum Gasteiger partial charge on any atom is -0.375 e. The molecule has 2 atom stereocenters. The van der Waals surface area contributed by atoms with Gasteiger partial charge in [0.2, 0.25) is 0 Å². The van der Waals surface area contributed by atoms with Crippen molar-refractivity contribution in [1.82, 2.24) is 14.7 Å². The van der Waals surface area contributed by atoms with Gasteiger partial charge in [-0.15, -0.1) is 6.58 Å². The van der Waals surface area contributed by atoms with E-state index in [-0.39, 0.29) is 0 Å². The van der Waals surface area contributed by atoms with E-state index >= 15 is 0 Å². The summed E-state index contributed by atoms with van der Waals surface area (Å²) in [6.45, 7) is 14.4. The lowest BCUT2D eigenvalue weighted by molar-refractivity contribution is 0.159. The summed E-state index contributed by atoms with van der Waals surface area (Å²) in [6, 6.07) is 0.710. The zero-order chi connectivity index (χ0) is 15.7. The average Bonchev–Trinajstić information content (AvgIpc) is 3.05. The Morgan fingerprint density at radius 1 is 1.18 bits per heavy atom. The van der Waals surface area contributed by atoms with Gasteiger partial charge in [0, 0.05) is 38.4 Å². The lowest BCUT2D eigenvalue weighted by atomic mass is 9.97. The molecule has 0 N–H and O–H groups in total. The van der Waals surface area contributed by atoms with Gasteiger partial charge in [-0.1, -0.05) is 12.7 Å². The Morgan fingerprint density at radius 3 is 2.32 bits per heavy atom. The summed E-state index contributed by atoms with van der Waals surface area (Å²) < 4.78 is 0. The molecule has 2 heterocycles. The van der Waals surface area contributed by atoms with Crippen LogP contribution in [0, 0.1) is 17.8 Å². The molecule has 3 nitrogen and oxygen atoms in total. The van der Waals surface area contributed by atoms with Crippen molar-refractivity contribution in [3.05, 3.63) is 24.9 Å². The molecule has 2 unspecified atom stereocenters. The van der Waals surface area contributed by atoms with E-state index in [0.717, 1.165) is 24.3 Å². The lowest BCUT2D eigenvalue weighted by Crippen LogP contribution is -2.42. The number of hydrogen-bond acceptors (Lipinski definition) is 3. The maximum Gasteiger partial charge on any atom is 0.0307 e.